The number of alkyl halides is 1. The SMILES string of the molecule is CN(CC(C)(C)CBr)C1CCCC1. The Morgan fingerprint density at radius 1 is 1.31 bits per heavy atom. The first-order valence-corrected chi connectivity index (χ1v) is 6.43. The number of hydrogen-bond donors (Lipinski definition) is 0. The molecule has 0 aliphatic heterocycles. The quantitative estimate of drug-likeness (QED) is 0.690. The molecule has 2 heteroatoms. The van der Waals surface area contributed by atoms with E-state index in [4.69, 9.17) is 0 Å². The van der Waals surface area contributed by atoms with Gasteiger partial charge in [-0.1, -0.05) is 42.6 Å². The minimum atomic E-state index is 0.414. The minimum Gasteiger partial charge on any atom is -0.303 e. The fraction of sp³-hybridized carbons (Fsp3) is 1.00. The maximum Gasteiger partial charge on any atom is 0.00949 e. The molecule has 1 fully saturated rings. The summed E-state index contributed by atoms with van der Waals surface area (Å²) in [5, 5.41) is 1.09. The van der Waals surface area contributed by atoms with E-state index in [9.17, 15) is 0 Å². The lowest BCUT2D eigenvalue weighted by atomic mass is 9.95. The maximum absolute atomic E-state index is 3.58. The summed E-state index contributed by atoms with van der Waals surface area (Å²) in [6.07, 6.45) is 5.69. The Morgan fingerprint density at radius 3 is 2.31 bits per heavy atom. The lowest BCUT2D eigenvalue weighted by Crippen LogP contribution is -2.38. The molecule has 0 amide bonds. The predicted octanol–water partition coefficient (Wildman–Crippen LogP) is 3.28. The lowest BCUT2D eigenvalue weighted by Gasteiger charge is -2.32. The monoisotopic (exact) mass is 247 g/mol. The van der Waals surface area contributed by atoms with Gasteiger partial charge >= 0.3 is 0 Å². The van der Waals surface area contributed by atoms with E-state index in [1.807, 2.05) is 0 Å². The summed E-state index contributed by atoms with van der Waals surface area (Å²) >= 11 is 3.58. The minimum absolute atomic E-state index is 0.414. The summed E-state index contributed by atoms with van der Waals surface area (Å²) in [5.41, 5.74) is 0.414. The first-order valence-electron chi connectivity index (χ1n) is 5.31. The largest absolute Gasteiger partial charge is 0.303 e. The topological polar surface area (TPSA) is 3.24 Å². The molecule has 78 valence electrons. The third-order valence-electron chi connectivity index (χ3n) is 2.99. The van der Waals surface area contributed by atoms with Gasteiger partial charge in [0.1, 0.15) is 0 Å². The van der Waals surface area contributed by atoms with Gasteiger partial charge in [-0.3, -0.25) is 0 Å². The molecule has 0 radical (unpaired) electrons. The van der Waals surface area contributed by atoms with Crippen molar-refractivity contribution >= 4 is 15.9 Å². The summed E-state index contributed by atoms with van der Waals surface area (Å²) in [5.74, 6) is 0. The normalized spacial score (nSPS) is 20.1. The maximum atomic E-state index is 3.58. The second-order valence-corrected chi connectivity index (χ2v) is 5.71. The third-order valence-corrected chi connectivity index (χ3v) is 4.51. The zero-order valence-corrected chi connectivity index (χ0v) is 10.7. The van der Waals surface area contributed by atoms with Crippen LogP contribution in [0.5, 0.6) is 0 Å². The van der Waals surface area contributed by atoms with Crippen LogP contribution in [-0.2, 0) is 0 Å². The van der Waals surface area contributed by atoms with Crippen molar-refractivity contribution in [3.8, 4) is 0 Å². The number of hydrogen-bond acceptors (Lipinski definition) is 1. The molecule has 1 saturated carbocycles. The summed E-state index contributed by atoms with van der Waals surface area (Å²) in [7, 11) is 2.28. The van der Waals surface area contributed by atoms with E-state index in [1.165, 1.54) is 32.2 Å². The van der Waals surface area contributed by atoms with E-state index in [0.717, 1.165) is 11.4 Å². The molecular weight excluding hydrogens is 226 g/mol. The van der Waals surface area contributed by atoms with Crippen LogP contribution in [0.15, 0.2) is 0 Å². The smallest absolute Gasteiger partial charge is 0.00949 e. The Hall–Kier alpha value is 0.440. The number of rotatable bonds is 4. The Morgan fingerprint density at radius 2 is 1.85 bits per heavy atom. The molecule has 1 nitrogen and oxygen atoms in total. The van der Waals surface area contributed by atoms with Crippen LogP contribution in [0.3, 0.4) is 0 Å². The van der Waals surface area contributed by atoms with Gasteiger partial charge in [0.15, 0.2) is 0 Å². The van der Waals surface area contributed by atoms with Gasteiger partial charge in [-0.25, -0.2) is 0 Å². The predicted molar refractivity (Wildman–Crippen MR) is 62.5 cm³/mol. The molecule has 1 aliphatic rings. The van der Waals surface area contributed by atoms with Gasteiger partial charge in [0.25, 0.3) is 0 Å². The van der Waals surface area contributed by atoms with Gasteiger partial charge in [-0.2, -0.15) is 0 Å². The molecule has 1 rings (SSSR count). The summed E-state index contributed by atoms with van der Waals surface area (Å²) in [6, 6.07) is 0.860. The first-order chi connectivity index (χ1) is 6.05. The summed E-state index contributed by atoms with van der Waals surface area (Å²) in [6.45, 7) is 5.86. The van der Waals surface area contributed by atoms with Crippen LogP contribution >= 0.6 is 15.9 Å². The highest BCUT2D eigenvalue weighted by atomic mass is 79.9. The van der Waals surface area contributed by atoms with Gasteiger partial charge in [-0.15, -0.1) is 0 Å². The van der Waals surface area contributed by atoms with Crippen molar-refractivity contribution in [2.75, 3.05) is 18.9 Å². The van der Waals surface area contributed by atoms with Gasteiger partial charge < -0.3 is 4.90 Å². The van der Waals surface area contributed by atoms with Crippen LogP contribution < -0.4 is 0 Å². The van der Waals surface area contributed by atoms with Crippen molar-refractivity contribution < 1.29 is 0 Å². The highest BCUT2D eigenvalue weighted by Gasteiger charge is 2.25. The molecule has 0 spiro atoms. The molecule has 13 heavy (non-hydrogen) atoms. The second kappa shape index (κ2) is 4.79. The van der Waals surface area contributed by atoms with Crippen molar-refractivity contribution in [2.45, 2.75) is 45.6 Å². The van der Waals surface area contributed by atoms with Crippen LogP contribution in [-0.4, -0.2) is 29.9 Å². The van der Waals surface area contributed by atoms with E-state index in [0.29, 0.717) is 5.41 Å². The van der Waals surface area contributed by atoms with Crippen LogP contribution in [0.4, 0.5) is 0 Å². The van der Waals surface area contributed by atoms with Gasteiger partial charge in [0, 0.05) is 17.9 Å². The number of nitrogens with zero attached hydrogens (tertiary/aromatic N) is 1. The standard InChI is InChI=1S/C11H22BrN/c1-11(2,8-12)9-13(3)10-6-4-5-7-10/h10H,4-9H2,1-3H3. The van der Waals surface area contributed by atoms with Crippen molar-refractivity contribution in [1.29, 1.82) is 0 Å². The average molecular weight is 248 g/mol. The number of halogens is 1. The molecule has 0 unspecified atom stereocenters. The average Bonchev–Trinajstić information content (AvgIpc) is 2.55. The van der Waals surface area contributed by atoms with E-state index < -0.39 is 0 Å². The summed E-state index contributed by atoms with van der Waals surface area (Å²) in [4.78, 5) is 2.55. The molecule has 1 aliphatic carbocycles. The van der Waals surface area contributed by atoms with Crippen LogP contribution in [0, 0.1) is 5.41 Å². The van der Waals surface area contributed by atoms with E-state index in [1.54, 1.807) is 0 Å². The van der Waals surface area contributed by atoms with Gasteiger partial charge in [0.05, 0.1) is 0 Å². The fourth-order valence-electron chi connectivity index (χ4n) is 2.19. The molecule has 0 N–H and O–H groups in total. The Bertz CT molecular complexity index is 150. The van der Waals surface area contributed by atoms with E-state index in [2.05, 4.69) is 41.7 Å². The van der Waals surface area contributed by atoms with Crippen molar-refractivity contribution in [1.82, 2.24) is 4.90 Å². The molecular formula is C11H22BrN. The lowest BCUT2D eigenvalue weighted by molar-refractivity contribution is 0.177. The highest BCUT2D eigenvalue weighted by molar-refractivity contribution is 9.09. The Labute approximate surface area is 91.0 Å². The highest BCUT2D eigenvalue weighted by Crippen LogP contribution is 2.26. The molecule has 0 atom stereocenters. The van der Waals surface area contributed by atoms with Crippen LogP contribution in [0.1, 0.15) is 39.5 Å². The van der Waals surface area contributed by atoms with Crippen LogP contribution in [0.25, 0.3) is 0 Å². The molecule has 0 bridgehead atoms. The molecule has 0 heterocycles. The Kier molecular flexibility index (Phi) is 4.24. The van der Waals surface area contributed by atoms with Crippen molar-refractivity contribution in [3.05, 3.63) is 0 Å². The third kappa shape index (κ3) is 3.59. The Balaban J connectivity index is 2.35. The first kappa shape index (κ1) is 11.5. The second-order valence-electron chi connectivity index (χ2n) is 5.15. The zero-order chi connectivity index (χ0) is 9.90. The van der Waals surface area contributed by atoms with Crippen molar-refractivity contribution in [2.24, 2.45) is 5.41 Å². The molecule has 0 aromatic carbocycles. The van der Waals surface area contributed by atoms with Crippen molar-refractivity contribution in [3.63, 3.8) is 0 Å². The van der Waals surface area contributed by atoms with Gasteiger partial charge in [-0.05, 0) is 25.3 Å². The van der Waals surface area contributed by atoms with E-state index in [-0.39, 0.29) is 0 Å². The molecule has 0 aromatic heterocycles. The van der Waals surface area contributed by atoms with Gasteiger partial charge in [0.2, 0.25) is 0 Å². The van der Waals surface area contributed by atoms with E-state index >= 15 is 0 Å². The zero-order valence-electron chi connectivity index (χ0n) is 9.15. The molecule has 0 aromatic rings. The molecule has 0 saturated heterocycles. The van der Waals surface area contributed by atoms with Crippen LogP contribution in [0.2, 0.25) is 0 Å². The fourth-order valence-corrected chi connectivity index (χ4v) is 2.37. The summed E-state index contributed by atoms with van der Waals surface area (Å²) < 4.78 is 0.